The van der Waals surface area contributed by atoms with Gasteiger partial charge in [0.1, 0.15) is 6.04 Å². The molecule has 35 heavy (non-hydrogen) atoms. The molecule has 2 aliphatic heterocycles. The first-order chi connectivity index (χ1) is 16.9. The second kappa shape index (κ2) is 10.00. The van der Waals surface area contributed by atoms with Crippen LogP contribution in [0, 0.1) is 3.57 Å². The number of carbonyl (C=O) groups is 2. The lowest BCUT2D eigenvalue weighted by atomic mass is 10.1. The summed E-state index contributed by atoms with van der Waals surface area (Å²) in [6, 6.07) is 19.2. The maximum Gasteiger partial charge on any atom is 0.256 e. The maximum absolute atomic E-state index is 13.6. The van der Waals surface area contributed by atoms with Gasteiger partial charge < -0.3 is 19.7 Å². The van der Waals surface area contributed by atoms with Crippen molar-refractivity contribution in [2.45, 2.75) is 19.0 Å². The summed E-state index contributed by atoms with van der Waals surface area (Å²) in [6.07, 6.45) is -0.0629. The van der Waals surface area contributed by atoms with Crippen LogP contribution in [0.15, 0.2) is 66.7 Å². The van der Waals surface area contributed by atoms with Gasteiger partial charge in [-0.3, -0.25) is 14.5 Å². The van der Waals surface area contributed by atoms with Crippen LogP contribution >= 0.6 is 46.4 Å². The van der Waals surface area contributed by atoms with E-state index >= 15 is 0 Å². The van der Waals surface area contributed by atoms with Gasteiger partial charge in [0.15, 0.2) is 16.6 Å². The largest absolute Gasteiger partial charge is 0.454 e. The second-order valence-electron chi connectivity index (χ2n) is 8.03. The van der Waals surface area contributed by atoms with Crippen LogP contribution in [-0.2, 0) is 16.1 Å². The monoisotopic (exact) mass is 619 g/mol. The van der Waals surface area contributed by atoms with Gasteiger partial charge >= 0.3 is 0 Å². The Morgan fingerprint density at radius 1 is 1.09 bits per heavy atom. The number of halogens is 2. The molecule has 1 fully saturated rings. The quantitative estimate of drug-likeness (QED) is 0.302. The number of anilines is 2. The molecule has 3 aromatic rings. The van der Waals surface area contributed by atoms with Crippen LogP contribution in [0.2, 0.25) is 5.02 Å². The molecule has 1 atom stereocenters. The maximum atomic E-state index is 13.6. The van der Waals surface area contributed by atoms with Crippen LogP contribution in [0.5, 0.6) is 11.5 Å². The van der Waals surface area contributed by atoms with Crippen LogP contribution in [0.3, 0.4) is 0 Å². The summed E-state index contributed by atoms with van der Waals surface area (Å²) in [5, 5.41) is 3.67. The van der Waals surface area contributed by atoms with Crippen molar-refractivity contribution < 1.29 is 19.1 Å². The highest BCUT2D eigenvalue weighted by molar-refractivity contribution is 14.1. The standard InChI is InChI=1S/C25H19ClIN3O4S/c26-16-2-1-3-19(11-16)30-24(32)20(12-23(31)28-18-7-5-17(27)6-8-18)29(25(30)35)13-15-4-9-21-22(10-15)34-14-33-21/h1-11,20H,12-14H2,(H,28,31). The van der Waals surface area contributed by atoms with Crippen molar-refractivity contribution in [3.63, 3.8) is 0 Å². The zero-order chi connectivity index (χ0) is 24.5. The van der Waals surface area contributed by atoms with Gasteiger partial charge in [-0.05, 0) is 95.0 Å². The van der Waals surface area contributed by atoms with Crippen molar-refractivity contribution in [3.05, 3.63) is 80.9 Å². The number of nitrogens with one attached hydrogen (secondary N) is 1. The third-order valence-corrected chi connectivity index (χ3v) is 7.05. The number of nitrogens with zero attached hydrogens (tertiary/aromatic N) is 2. The number of carbonyl (C=O) groups excluding carboxylic acids is 2. The highest BCUT2D eigenvalue weighted by Crippen LogP contribution is 2.35. The Hall–Kier alpha value is -2.89. The number of amides is 2. The predicted molar refractivity (Wildman–Crippen MR) is 146 cm³/mol. The van der Waals surface area contributed by atoms with Crippen molar-refractivity contribution in [1.82, 2.24) is 4.90 Å². The lowest BCUT2D eigenvalue weighted by Gasteiger charge is -2.24. The number of fused-ring (bicyclic) bond motifs is 1. The van der Waals surface area contributed by atoms with Crippen LogP contribution in [0.25, 0.3) is 0 Å². The molecule has 2 heterocycles. The summed E-state index contributed by atoms with van der Waals surface area (Å²) in [5.41, 5.74) is 2.10. The molecule has 1 N–H and O–H groups in total. The molecule has 0 spiro atoms. The molecule has 3 aromatic carbocycles. The van der Waals surface area contributed by atoms with Crippen LogP contribution in [-0.4, -0.2) is 34.7 Å². The van der Waals surface area contributed by atoms with Gasteiger partial charge in [-0.15, -0.1) is 0 Å². The Morgan fingerprint density at radius 2 is 1.86 bits per heavy atom. The molecule has 0 radical (unpaired) electrons. The molecule has 7 nitrogen and oxygen atoms in total. The molecule has 0 aromatic heterocycles. The highest BCUT2D eigenvalue weighted by Gasteiger charge is 2.44. The van der Waals surface area contributed by atoms with Gasteiger partial charge in [0.05, 0.1) is 12.1 Å². The molecule has 2 aliphatic rings. The Balaban J connectivity index is 1.42. The number of ether oxygens (including phenoxy) is 2. The lowest BCUT2D eigenvalue weighted by Crippen LogP contribution is -2.37. The molecular weight excluding hydrogens is 601 g/mol. The zero-order valence-electron chi connectivity index (χ0n) is 18.2. The van der Waals surface area contributed by atoms with E-state index in [-0.39, 0.29) is 25.0 Å². The summed E-state index contributed by atoms with van der Waals surface area (Å²) in [4.78, 5) is 29.7. The molecule has 178 valence electrons. The lowest BCUT2D eigenvalue weighted by molar-refractivity contribution is -0.124. The average molecular weight is 620 g/mol. The Morgan fingerprint density at radius 3 is 2.63 bits per heavy atom. The SMILES string of the molecule is O=C(CC1C(=O)N(c2cccc(Cl)c2)C(=S)N1Cc1ccc2c(c1)OCO2)Nc1ccc(I)cc1. The van der Waals surface area contributed by atoms with E-state index in [1.807, 2.05) is 42.5 Å². The Kier molecular flexibility index (Phi) is 6.81. The van der Waals surface area contributed by atoms with Gasteiger partial charge in [-0.2, -0.15) is 0 Å². The first kappa shape index (κ1) is 23.8. The number of hydrogen-bond acceptors (Lipinski definition) is 5. The van der Waals surface area contributed by atoms with E-state index in [9.17, 15) is 9.59 Å². The number of rotatable bonds is 6. The minimum atomic E-state index is -0.782. The zero-order valence-corrected chi connectivity index (χ0v) is 22.0. The highest BCUT2D eigenvalue weighted by atomic mass is 127. The third kappa shape index (κ3) is 5.07. The average Bonchev–Trinajstić information content (AvgIpc) is 3.38. The molecule has 1 saturated heterocycles. The molecule has 1 unspecified atom stereocenters. The first-order valence-corrected chi connectivity index (χ1v) is 12.6. The van der Waals surface area contributed by atoms with E-state index in [1.165, 1.54) is 4.90 Å². The van der Waals surface area contributed by atoms with Crippen LogP contribution in [0.1, 0.15) is 12.0 Å². The van der Waals surface area contributed by atoms with E-state index < -0.39 is 6.04 Å². The Labute approximate surface area is 226 Å². The molecule has 5 rings (SSSR count). The number of hydrogen-bond donors (Lipinski definition) is 1. The first-order valence-electron chi connectivity index (χ1n) is 10.7. The second-order valence-corrected chi connectivity index (χ2v) is 10.1. The third-order valence-electron chi connectivity index (χ3n) is 5.68. The summed E-state index contributed by atoms with van der Waals surface area (Å²) in [5.74, 6) is 0.744. The smallest absolute Gasteiger partial charge is 0.256 e. The fourth-order valence-corrected chi connectivity index (χ4v) is 4.95. The molecule has 0 saturated carbocycles. The number of benzene rings is 3. The predicted octanol–water partition coefficient (Wildman–Crippen LogP) is 5.20. The van der Waals surface area contributed by atoms with E-state index in [0.29, 0.717) is 39.6 Å². The van der Waals surface area contributed by atoms with Gasteiger partial charge in [0.25, 0.3) is 5.91 Å². The topological polar surface area (TPSA) is 71.1 Å². The minimum Gasteiger partial charge on any atom is -0.454 e. The summed E-state index contributed by atoms with van der Waals surface area (Å²) in [7, 11) is 0. The molecular formula is C25H19ClIN3O4S. The van der Waals surface area contributed by atoms with Crippen LogP contribution in [0.4, 0.5) is 11.4 Å². The Bertz CT molecular complexity index is 1320. The van der Waals surface area contributed by atoms with Gasteiger partial charge in [-0.1, -0.05) is 23.7 Å². The minimum absolute atomic E-state index is 0.0629. The number of thiocarbonyl (C=S) groups is 1. The van der Waals surface area contributed by atoms with Gasteiger partial charge in [-0.25, -0.2) is 0 Å². The van der Waals surface area contributed by atoms with E-state index in [0.717, 1.165) is 9.13 Å². The normalized spacial score (nSPS) is 16.7. The fraction of sp³-hybridized carbons (Fsp3) is 0.160. The van der Waals surface area contributed by atoms with Crippen molar-refractivity contribution in [2.75, 3.05) is 17.0 Å². The van der Waals surface area contributed by atoms with Crippen molar-refractivity contribution in [2.24, 2.45) is 0 Å². The summed E-state index contributed by atoms with van der Waals surface area (Å²) < 4.78 is 11.9. The van der Waals surface area contributed by atoms with Gasteiger partial charge in [0.2, 0.25) is 12.7 Å². The molecule has 10 heteroatoms. The molecule has 2 amide bonds. The van der Waals surface area contributed by atoms with E-state index in [1.54, 1.807) is 29.2 Å². The van der Waals surface area contributed by atoms with Crippen molar-refractivity contribution >= 4 is 74.7 Å². The van der Waals surface area contributed by atoms with E-state index in [4.69, 9.17) is 33.3 Å². The van der Waals surface area contributed by atoms with Crippen molar-refractivity contribution in [1.29, 1.82) is 0 Å². The molecule has 0 aliphatic carbocycles. The van der Waals surface area contributed by atoms with Gasteiger partial charge in [0, 0.05) is 20.8 Å². The summed E-state index contributed by atoms with van der Waals surface area (Å²) >= 11 is 14.1. The van der Waals surface area contributed by atoms with Crippen LogP contribution < -0.4 is 19.7 Å². The van der Waals surface area contributed by atoms with E-state index in [2.05, 4.69) is 27.9 Å². The fourth-order valence-electron chi connectivity index (χ4n) is 4.02. The summed E-state index contributed by atoms with van der Waals surface area (Å²) in [6.45, 7) is 0.489. The van der Waals surface area contributed by atoms with Crippen molar-refractivity contribution in [3.8, 4) is 11.5 Å². The molecule has 0 bridgehead atoms.